The first kappa shape index (κ1) is 19.8. The van der Waals surface area contributed by atoms with Crippen LogP contribution in [0.1, 0.15) is 11.1 Å². The standard InChI is InChI=1S/C19H19F2NO3S/c1-24-16-5-3-4-14(18(16)25-19(20)21)8-11-17(23)22-15-9-6-13(7-10-15)12-26-2/h3-11,19H,12H2,1-2H3,(H,22,23). The van der Waals surface area contributed by atoms with Crippen molar-refractivity contribution in [1.82, 2.24) is 0 Å². The van der Waals surface area contributed by atoms with E-state index in [0.29, 0.717) is 11.3 Å². The van der Waals surface area contributed by atoms with Crippen LogP contribution in [0, 0.1) is 0 Å². The molecular weight excluding hydrogens is 360 g/mol. The third-order valence-electron chi connectivity index (χ3n) is 3.38. The lowest BCUT2D eigenvalue weighted by Crippen LogP contribution is -2.08. The van der Waals surface area contributed by atoms with Gasteiger partial charge >= 0.3 is 6.61 Å². The summed E-state index contributed by atoms with van der Waals surface area (Å²) >= 11 is 1.71. The molecule has 0 saturated carbocycles. The second-order valence-corrected chi connectivity index (χ2v) is 6.08. The molecule has 7 heteroatoms. The fraction of sp³-hybridized carbons (Fsp3) is 0.211. The summed E-state index contributed by atoms with van der Waals surface area (Å²) < 4.78 is 34.8. The number of thioether (sulfide) groups is 1. The number of hydrogen-bond acceptors (Lipinski definition) is 4. The van der Waals surface area contributed by atoms with Crippen molar-refractivity contribution in [3.05, 3.63) is 59.7 Å². The fourth-order valence-electron chi connectivity index (χ4n) is 2.24. The van der Waals surface area contributed by atoms with E-state index in [2.05, 4.69) is 10.1 Å². The zero-order chi connectivity index (χ0) is 18.9. The van der Waals surface area contributed by atoms with E-state index in [9.17, 15) is 13.6 Å². The van der Waals surface area contributed by atoms with Crippen LogP contribution >= 0.6 is 11.8 Å². The summed E-state index contributed by atoms with van der Waals surface area (Å²) in [5, 5.41) is 2.72. The number of halogens is 2. The van der Waals surface area contributed by atoms with Crippen LogP contribution in [0.25, 0.3) is 6.08 Å². The smallest absolute Gasteiger partial charge is 0.387 e. The predicted molar refractivity (Wildman–Crippen MR) is 101 cm³/mol. The Labute approximate surface area is 155 Å². The highest BCUT2D eigenvalue weighted by molar-refractivity contribution is 7.97. The minimum absolute atomic E-state index is 0.115. The lowest BCUT2D eigenvalue weighted by molar-refractivity contribution is -0.111. The molecular formula is C19H19F2NO3S. The summed E-state index contributed by atoms with van der Waals surface area (Å²) in [7, 11) is 1.36. The van der Waals surface area contributed by atoms with E-state index in [1.807, 2.05) is 30.5 Å². The molecule has 0 aromatic heterocycles. The van der Waals surface area contributed by atoms with Gasteiger partial charge in [-0.3, -0.25) is 4.79 Å². The number of carbonyl (C=O) groups is 1. The van der Waals surface area contributed by atoms with Gasteiger partial charge in [-0.2, -0.15) is 20.5 Å². The van der Waals surface area contributed by atoms with Crippen LogP contribution in [0.4, 0.5) is 14.5 Å². The van der Waals surface area contributed by atoms with Gasteiger partial charge in [-0.15, -0.1) is 0 Å². The molecule has 26 heavy (non-hydrogen) atoms. The maximum atomic E-state index is 12.6. The first-order valence-corrected chi connectivity index (χ1v) is 9.11. The topological polar surface area (TPSA) is 47.6 Å². The van der Waals surface area contributed by atoms with Gasteiger partial charge < -0.3 is 14.8 Å². The molecule has 0 aliphatic rings. The van der Waals surface area contributed by atoms with Gasteiger partial charge in [0.15, 0.2) is 11.5 Å². The number of alkyl halides is 2. The lowest BCUT2D eigenvalue weighted by Gasteiger charge is -2.12. The first-order chi connectivity index (χ1) is 12.5. The monoisotopic (exact) mass is 379 g/mol. The van der Waals surface area contributed by atoms with Crippen molar-refractivity contribution in [3.63, 3.8) is 0 Å². The maximum Gasteiger partial charge on any atom is 0.387 e. The van der Waals surface area contributed by atoms with Gasteiger partial charge in [-0.1, -0.05) is 24.3 Å². The van der Waals surface area contributed by atoms with Crippen molar-refractivity contribution >= 4 is 29.4 Å². The van der Waals surface area contributed by atoms with E-state index in [0.717, 1.165) is 11.3 Å². The molecule has 0 fully saturated rings. The highest BCUT2D eigenvalue weighted by Gasteiger charge is 2.14. The second kappa shape index (κ2) is 9.82. The molecule has 2 aromatic carbocycles. The first-order valence-electron chi connectivity index (χ1n) is 7.72. The van der Waals surface area contributed by atoms with Crippen molar-refractivity contribution in [3.8, 4) is 11.5 Å². The van der Waals surface area contributed by atoms with Crippen molar-refractivity contribution in [2.45, 2.75) is 12.4 Å². The largest absolute Gasteiger partial charge is 0.493 e. The van der Waals surface area contributed by atoms with Crippen LogP contribution in [0.15, 0.2) is 48.5 Å². The lowest BCUT2D eigenvalue weighted by atomic mass is 10.1. The van der Waals surface area contributed by atoms with Crippen molar-refractivity contribution in [2.24, 2.45) is 0 Å². The Bertz CT molecular complexity index is 764. The third-order valence-corrected chi connectivity index (χ3v) is 4.00. The summed E-state index contributed by atoms with van der Waals surface area (Å²) in [5.41, 5.74) is 2.13. The molecule has 138 valence electrons. The number of nitrogens with one attached hydrogen (secondary N) is 1. The molecule has 0 aliphatic carbocycles. The Hall–Kier alpha value is -2.54. The number of benzene rings is 2. The molecule has 0 saturated heterocycles. The molecule has 0 heterocycles. The fourth-order valence-corrected chi connectivity index (χ4v) is 2.77. The molecule has 0 atom stereocenters. The number of methoxy groups -OCH3 is 1. The molecule has 1 N–H and O–H groups in total. The molecule has 2 aromatic rings. The van der Waals surface area contributed by atoms with E-state index < -0.39 is 6.61 Å². The average molecular weight is 379 g/mol. The normalized spacial score (nSPS) is 11.0. The third kappa shape index (κ3) is 5.77. The molecule has 2 rings (SSSR count). The Balaban J connectivity index is 2.09. The number of rotatable bonds is 8. The Morgan fingerprint density at radius 1 is 1.23 bits per heavy atom. The molecule has 1 amide bonds. The predicted octanol–water partition coefficient (Wildman–Crippen LogP) is 4.81. The maximum absolute atomic E-state index is 12.6. The van der Waals surface area contributed by atoms with Crippen molar-refractivity contribution < 1.29 is 23.0 Å². The second-order valence-electron chi connectivity index (χ2n) is 5.21. The zero-order valence-electron chi connectivity index (χ0n) is 14.4. The summed E-state index contributed by atoms with van der Waals surface area (Å²) in [6.07, 6.45) is 4.67. The van der Waals surface area contributed by atoms with Crippen LogP contribution in [-0.2, 0) is 10.5 Å². The summed E-state index contributed by atoms with van der Waals surface area (Å²) in [4.78, 5) is 12.1. The number of amides is 1. The van der Waals surface area contributed by atoms with Crippen LogP contribution < -0.4 is 14.8 Å². The molecule has 0 aliphatic heterocycles. The Morgan fingerprint density at radius 3 is 2.58 bits per heavy atom. The van der Waals surface area contributed by atoms with Gasteiger partial charge in [-0.05, 0) is 36.1 Å². The van der Waals surface area contributed by atoms with E-state index in [-0.39, 0.29) is 17.4 Å². The van der Waals surface area contributed by atoms with Crippen LogP contribution in [0.2, 0.25) is 0 Å². The number of ether oxygens (including phenoxy) is 2. The number of hydrogen-bond donors (Lipinski definition) is 1. The van der Waals surface area contributed by atoms with Gasteiger partial charge in [0.1, 0.15) is 0 Å². The molecule has 0 spiro atoms. The summed E-state index contributed by atoms with van der Waals surface area (Å²) in [5.74, 6) is 0.567. The minimum Gasteiger partial charge on any atom is -0.493 e. The zero-order valence-corrected chi connectivity index (χ0v) is 15.2. The van der Waals surface area contributed by atoms with Crippen molar-refractivity contribution in [2.75, 3.05) is 18.7 Å². The van der Waals surface area contributed by atoms with Gasteiger partial charge in [0, 0.05) is 23.1 Å². The highest BCUT2D eigenvalue weighted by Crippen LogP contribution is 2.33. The number of anilines is 1. The molecule has 0 bridgehead atoms. The van der Waals surface area contributed by atoms with E-state index >= 15 is 0 Å². The Morgan fingerprint density at radius 2 is 1.96 bits per heavy atom. The highest BCUT2D eigenvalue weighted by atomic mass is 32.2. The van der Waals surface area contributed by atoms with Crippen LogP contribution in [-0.4, -0.2) is 25.9 Å². The van der Waals surface area contributed by atoms with Crippen LogP contribution in [0.5, 0.6) is 11.5 Å². The van der Waals surface area contributed by atoms with Gasteiger partial charge in [0.25, 0.3) is 0 Å². The molecule has 0 unspecified atom stereocenters. The number of para-hydroxylation sites is 1. The summed E-state index contributed by atoms with van der Waals surface area (Å²) in [6.45, 7) is -2.99. The van der Waals surface area contributed by atoms with Crippen molar-refractivity contribution in [1.29, 1.82) is 0 Å². The van der Waals surface area contributed by atoms with Gasteiger partial charge in [-0.25, -0.2) is 0 Å². The number of carbonyl (C=O) groups excluding carboxylic acids is 1. The van der Waals surface area contributed by atoms with Crippen LogP contribution in [0.3, 0.4) is 0 Å². The molecule has 0 radical (unpaired) electrons. The Kier molecular flexibility index (Phi) is 7.47. The minimum atomic E-state index is -2.99. The average Bonchev–Trinajstić information content (AvgIpc) is 2.62. The summed E-state index contributed by atoms with van der Waals surface area (Å²) in [6, 6.07) is 12.2. The van der Waals surface area contributed by atoms with Gasteiger partial charge in [0.05, 0.1) is 7.11 Å². The van der Waals surface area contributed by atoms with E-state index in [1.54, 1.807) is 23.9 Å². The van der Waals surface area contributed by atoms with Gasteiger partial charge in [0.2, 0.25) is 5.91 Å². The quantitative estimate of drug-likeness (QED) is 0.669. The molecule has 4 nitrogen and oxygen atoms in total. The van der Waals surface area contributed by atoms with E-state index in [4.69, 9.17) is 4.74 Å². The SMILES string of the molecule is COc1cccc(C=CC(=O)Nc2ccc(CSC)cc2)c1OC(F)F. The van der Waals surface area contributed by atoms with E-state index in [1.165, 1.54) is 25.3 Å².